The molecule has 0 unspecified atom stereocenters. The molecule has 3 aromatic carbocycles. The van der Waals surface area contributed by atoms with Gasteiger partial charge in [-0.15, -0.1) is 0 Å². The van der Waals surface area contributed by atoms with Crippen molar-refractivity contribution in [3.05, 3.63) is 92.8 Å². The van der Waals surface area contributed by atoms with Crippen LogP contribution in [-0.4, -0.2) is 35.7 Å². The molecular formula is C28H25ClN2O5S. The molecule has 0 aromatic heterocycles. The number of carbonyl (C=O) groups excluding carboxylic acids is 3. The zero-order valence-corrected chi connectivity index (χ0v) is 22.1. The number of aryl methyl sites for hydroxylation is 2. The lowest BCUT2D eigenvalue weighted by Crippen LogP contribution is -2.27. The van der Waals surface area contributed by atoms with Crippen molar-refractivity contribution in [3.63, 3.8) is 0 Å². The van der Waals surface area contributed by atoms with Crippen LogP contribution in [0.4, 0.5) is 10.5 Å². The van der Waals surface area contributed by atoms with Crippen molar-refractivity contribution in [1.29, 1.82) is 0 Å². The monoisotopic (exact) mass is 536 g/mol. The van der Waals surface area contributed by atoms with Crippen molar-refractivity contribution in [3.8, 4) is 11.5 Å². The molecular weight excluding hydrogens is 512 g/mol. The molecule has 1 N–H and O–H groups in total. The molecule has 1 saturated heterocycles. The van der Waals surface area contributed by atoms with Crippen molar-refractivity contribution in [2.45, 2.75) is 20.4 Å². The first-order valence-electron chi connectivity index (χ1n) is 11.4. The molecule has 1 aliphatic rings. The zero-order chi connectivity index (χ0) is 26.5. The van der Waals surface area contributed by atoms with Gasteiger partial charge in [0.1, 0.15) is 0 Å². The van der Waals surface area contributed by atoms with E-state index in [1.165, 1.54) is 12.0 Å². The molecule has 3 amide bonds. The Morgan fingerprint density at radius 1 is 1.05 bits per heavy atom. The molecule has 7 nitrogen and oxygen atoms in total. The Morgan fingerprint density at radius 2 is 1.78 bits per heavy atom. The summed E-state index contributed by atoms with van der Waals surface area (Å²) in [7, 11) is 1.45. The smallest absolute Gasteiger partial charge is 0.293 e. The summed E-state index contributed by atoms with van der Waals surface area (Å²) < 4.78 is 11.1. The van der Waals surface area contributed by atoms with Gasteiger partial charge in [0.05, 0.1) is 23.6 Å². The lowest BCUT2D eigenvalue weighted by Gasteiger charge is -2.14. The van der Waals surface area contributed by atoms with Crippen LogP contribution < -0.4 is 14.8 Å². The topological polar surface area (TPSA) is 84.9 Å². The third kappa shape index (κ3) is 6.53. The van der Waals surface area contributed by atoms with Gasteiger partial charge in [-0.1, -0.05) is 53.6 Å². The number of nitrogens with zero attached hydrogens (tertiary/aromatic N) is 1. The van der Waals surface area contributed by atoms with E-state index in [2.05, 4.69) is 5.32 Å². The summed E-state index contributed by atoms with van der Waals surface area (Å²) in [6.07, 6.45) is 1.59. The number of benzene rings is 3. The van der Waals surface area contributed by atoms with E-state index in [1.54, 1.807) is 24.3 Å². The average molecular weight is 537 g/mol. The molecule has 37 heavy (non-hydrogen) atoms. The minimum Gasteiger partial charge on any atom is -0.493 e. The Hall–Kier alpha value is -3.75. The van der Waals surface area contributed by atoms with Crippen molar-refractivity contribution in [2.75, 3.05) is 19.0 Å². The maximum atomic E-state index is 12.9. The predicted octanol–water partition coefficient (Wildman–Crippen LogP) is 6.22. The van der Waals surface area contributed by atoms with Crippen LogP contribution in [0, 0.1) is 13.8 Å². The molecule has 0 atom stereocenters. The second kappa shape index (κ2) is 11.5. The number of methoxy groups -OCH3 is 1. The fraction of sp³-hybridized carbons (Fsp3) is 0.179. The minimum atomic E-state index is -0.375. The van der Waals surface area contributed by atoms with Crippen molar-refractivity contribution >= 4 is 52.2 Å². The average Bonchev–Trinajstić information content (AvgIpc) is 3.10. The normalized spacial score (nSPS) is 14.3. The summed E-state index contributed by atoms with van der Waals surface area (Å²) in [6, 6.07) is 18.3. The van der Waals surface area contributed by atoms with Crippen LogP contribution in [0.2, 0.25) is 5.02 Å². The van der Waals surface area contributed by atoms with Crippen LogP contribution in [0.1, 0.15) is 22.3 Å². The number of nitrogens with one attached hydrogen (secondary N) is 1. The zero-order valence-electron chi connectivity index (χ0n) is 20.5. The number of hydrogen-bond acceptors (Lipinski definition) is 6. The second-order valence-corrected chi connectivity index (χ2v) is 9.90. The van der Waals surface area contributed by atoms with E-state index >= 15 is 0 Å². The van der Waals surface area contributed by atoms with Gasteiger partial charge in [-0.3, -0.25) is 19.3 Å². The van der Waals surface area contributed by atoms with Crippen LogP contribution in [-0.2, 0) is 16.1 Å². The van der Waals surface area contributed by atoms with Crippen molar-refractivity contribution in [1.82, 2.24) is 4.90 Å². The second-order valence-electron chi connectivity index (χ2n) is 8.50. The van der Waals surface area contributed by atoms with Gasteiger partial charge in [0.25, 0.3) is 17.1 Å². The van der Waals surface area contributed by atoms with E-state index in [9.17, 15) is 14.4 Å². The van der Waals surface area contributed by atoms with E-state index in [-0.39, 0.29) is 45.9 Å². The molecule has 4 rings (SSSR count). The Kier molecular flexibility index (Phi) is 8.21. The third-order valence-electron chi connectivity index (χ3n) is 5.50. The third-order valence-corrected chi connectivity index (χ3v) is 6.68. The Labute approximate surface area is 224 Å². The van der Waals surface area contributed by atoms with Crippen LogP contribution in [0.15, 0.2) is 65.6 Å². The fourth-order valence-electron chi connectivity index (χ4n) is 3.80. The van der Waals surface area contributed by atoms with E-state index in [1.807, 2.05) is 56.3 Å². The van der Waals surface area contributed by atoms with Crippen LogP contribution in [0.25, 0.3) is 6.08 Å². The summed E-state index contributed by atoms with van der Waals surface area (Å²) in [4.78, 5) is 39.3. The Balaban J connectivity index is 1.47. The van der Waals surface area contributed by atoms with Gasteiger partial charge in [0.15, 0.2) is 18.1 Å². The van der Waals surface area contributed by atoms with Crippen molar-refractivity contribution in [2.24, 2.45) is 0 Å². The maximum absolute atomic E-state index is 12.9. The van der Waals surface area contributed by atoms with Gasteiger partial charge in [0.2, 0.25) is 0 Å². The highest BCUT2D eigenvalue weighted by Gasteiger charge is 2.35. The highest BCUT2D eigenvalue weighted by molar-refractivity contribution is 8.18. The van der Waals surface area contributed by atoms with E-state index in [0.29, 0.717) is 17.0 Å². The lowest BCUT2D eigenvalue weighted by atomic mass is 10.1. The molecule has 1 heterocycles. The number of anilines is 1. The predicted molar refractivity (Wildman–Crippen MR) is 146 cm³/mol. The number of rotatable bonds is 8. The standard InChI is InChI=1S/C28H25ClN2O5S/c1-17-6-4-8-19(10-17)15-31-27(33)24(37-28(31)34)14-20-12-22(29)26(23(13-20)35-3)36-16-25(32)30-21-9-5-7-18(2)11-21/h4-14H,15-16H2,1-3H3,(H,30,32)/b24-14-. The molecule has 0 saturated carbocycles. The Morgan fingerprint density at radius 3 is 2.49 bits per heavy atom. The quantitative estimate of drug-likeness (QED) is 0.344. The van der Waals surface area contributed by atoms with Crippen LogP contribution in [0.3, 0.4) is 0 Å². The molecule has 1 fully saturated rings. The highest BCUT2D eigenvalue weighted by Crippen LogP contribution is 2.39. The number of imide groups is 1. The van der Waals surface area contributed by atoms with E-state index < -0.39 is 0 Å². The first-order chi connectivity index (χ1) is 17.7. The lowest BCUT2D eigenvalue weighted by molar-refractivity contribution is -0.123. The van der Waals surface area contributed by atoms with Crippen LogP contribution in [0.5, 0.6) is 11.5 Å². The molecule has 190 valence electrons. The summed E-state index contributed by atoms with van der Waals surface area (Å²) in [5.41, 5.74) is 4.17. The number of thioether (sulfide) groups is 1. The number of carbonyl (C=O) groups is 3. The van der Waals surface area contributed by atoms with Gasteiger partial charge in [-0.2, -0.15) is 0 Å². The maximum Gasteiger partial charge on any atom is 0.293 e. The summed E-state index contributed by atoms with van der Waals surface area (Å²) in [6.45, 7) is 3.81. The fourth-order valence-corrected chi connectivity index (χ4v) is 4.91. The van der Waals surface area contributed by atoms with Crippen LogP contribution >= 0.6 is 23.4 Å². The molecule has 1 aliphatic heterocycles. The Bertz CT molecular complexity index is 1410. The summed E-state index contributed by atoms with van der Waals surface area (Å²) >= 11 is 7.31. The highest BCUT2D eigenvalue weighted by atomic mass is 35.5. The SMILES string of the molecule is COc1cc(/C=C2\SC(=O)N(Cc3cccc(C)c3)C2=O)cc(Cl)c1OCC(=O)Nc1cccc(C)c1. The number of amides is 3. The largest absolute Gasteiger partial charge is 0.493 e. The molecule has 0 bridgehead atoms. The number of halogens is 1. The summed E-state index contributed by atoms with van der Waals surface area (Å²) in [5.74, 6) is -0.232. The van der Waals surface area contributed by atoms with E-state index in [0.717, 1.165) is 28.5 Å². The van der Waals surface area contributed by atoms with Gasteiger partial charge < -0.3 is 14.8 Å². The molecule has 0 aliphatic carbocycles. The molecule has 0 spiro atoms. The molecule has 9 heteroatoms. The van der Waals surface area contributed by atoms with Crippen molar-refractivity contribution < 1.29 is 23.9 Å². The first-order valence-corrected chi connectivity index (χ1v) is 12.6. The molecule has 0 radical (unpaired) electrons. The number of hydrogen-bond donors (Lipinski definition) is 1. The summed E-state index contributed by atoms with van der Waals surface area (Å²) in [5, 5.41) is 2.63. The first kappa shape index (κ1) is 26.3. The van der Waals surface area contributed by atoms with Gasteiger partial charge in [-0.25, -0.2) is 0 Å². The van der Waals surface area contributed by atoms with Gasteiger partial charge >= 0.3 is 0 Å². The minimum absolute atomic E-state index is 0.200. The van der Waals surface area contributed by atoms with Gasteiger partial charge in [0, 0.05) is 5.69 Å². The van der Waals surface area contributed by atoms with E-state index in [4.69, 9.17) is 21.1 Å². The number of ether oxygens (including phenoxy) is 2. The molecule has 3 aromatic rings. The van der Waals surface area contributed by atoms with Gasteiger partial charge in [-0.05, 0) is 72.6 Å².